The van der Waals surface area contributed by atoms with E-state index in [0.717, 1.165) is 43.0 Å². The zero-order valence-corrected chi connectivity index (χ0v) is 22.1. The number of methoxy groups -OCH3 is 2. The van der Waals surface area contributed by atoms with E-state index >= 15 is 0 Å². The number of nitrogens with one attached hydrogen (secondary N) is 2. The molecule has 1 fully saturated rings. The molecule has 9 nitrogen and oxygen atoms in total. The van der Waals surface area contributed by atoms with E-state index in [1.54, 1.807) is 20.3 Å². The van der Waals surface area contributed by atoms with Crippen molar-refractivity contribution in [3.8, 4) is 11.5 Å². The van der Waals surface area contributed by atoms with E-state index < -0.39 is 5.97 Å². The molecule has 1 aliphatic carbocycles. The number of imidazole rings is 1. The fourth-order valence-corrected chi connectivity index (χ4v) is 5.23. The molecule has 0 amide bonds. The quantitative estimate of drug-likeness (QED) is 0.0681. The number of nitrogen functional groups attached to an aromatic ring is 1. The van der Waals surface area contributed by atoms with Gasteiger partial charge in [0.25, 0.3) is 0 Å². The van der Waals surface area contributed by atoms with Gasteiger partial charge in [-0.1, -0.05) is 36.2 Å². The molecule has 1 saturated carbocycles. The topological polar surface area (TPSA) is 144 Å². The lowest BCUT2D eigenvalue weighted by molar-refractivity contribution is -0.139. The van der Waals surface area contributed by atoms with E-state index in [1.165, 1.54) is 6.33 Å². The minimum absolute atomic E-state index is 0.00271. The number of aliphatic hydroxyl groups excluding tert-OH is 1. The van der Waals surface area contributed by atoms with Crippen LogP contribution in [0.25, 0.3) is 0 Å². The van der Waals surface area contributed by atoms with E-state index in [9.17, 15) is 9.90 Å². The first-order chi connectivity index (χ1) is 17.3. The maximum absolute atomic E-state index is 12.9. The monoisotopic (exact) mass is 536 g/mol. The van der Waals surface area contributed by atoms with E-state index in [4.69, 9.17) is 37.0 Å². The number of aryl methyl sites for hydroxylation is 1. The van der Waals surface area contributed by atoms with Crippen LogP contribution in [-0.4, -0.2) is 46.9 Å². The predicted octanol–water partition coefficient (Wildman–Crippen LogP) is 5.64. The van der Waals surface area contributed by atoms with Crippen LogP contribution in [-0.2, 0) is 16.0 Å². The van der Waals surface area contributed by atoms with Crippen molar-refractivity contribution in [1.29, 1.82) is 5.41 Å². The number of H-pyrrole nitrogens is 1. The first-order valence-electron chi connectivity index (χ1n) is 11.9. The summed E-state index contributed by atoms with van der Waals surface area (Å²) in [5.41, 5.74) is 7.01. The van der Waals surface area contributed by atoms with Gasteiger partial charge in [0.15, 0.2) is 5.82 Å². The average Bonchev–Trinajstić information content (AvgIpc) is 3.55. The standard InChI is InChI=1S/C25H33ClN4O5S/c1-33-19-12-20(34-2)17(26)11-16(19)9-5-6-10-18(31)22(25(32)35-13-15-7-3-4-8-15)36-24(28)21-23(27)30-14-29-21/h11-12,14-15,28,31H,3-10,13,27H2,1-2H3,(H,29,30)/b22-18-,28-24?. The van der Waals surface area contributed by atoms with Gasteiger partial charge < -0.3 is 30.0 Å². The molecule has 0 atom stereocenters. The summed E-state index contributed by atoms with van der Waals surface area (Å²) < 4.78 is 16.2. The Kier molecular flexibility index (Phi) is 10.4. The minimum atomic E-state index is -0.629. The molecule has 0 spiro atoms. The lowest BCUT2D eigenvalue weighted by Gasteiger charge is -2.14. The summed E-state index contributed by atoms with van der Waals surface area (Å²) in [4.78, 5) is 19.6. The Morgan fingerprint density at radius 3 is 2.61 bits per heavy atom. The van der Waals surface area contributed by atoms with Crippen molar-refractivity contribution < 1.29 is 24.1 Å². The molecule has 0 unspecified atom stereocenters. The highest BCUT2D eigenvalue weighted by molar-refractivity contribution is 8.18. The number of hydrogen-bond acceptors (Lipinski definition) is 9. The van der Waals surface area contributed by atoms with Crippen LogP contribution < -0.4 is 15.2 Å². The van der Waals surface area contributed by atoms with Gasteiger partial charge in [-0.25, -0.2) is 9.78 Å². The molecule has 0 radical (unpaired) electrons. The number of anilines is 1. The van der Waals surface area contributed by atoms with Crippen molar-refractivity contribution >= 4 is 40.2 Å². The molecule has 1 aromatic heterocycles. The third-order valence-electron chi connectivity index (χ3n) is 6.14. The van der Waals surface area contributed by atoms with Gasteiger partial charge in [0.05, 0.1) is 32.2 Å². The smallest absolute Gasteiger partial charge is 0.348 e. The van der Waals surface area contributed by atoms with Crippen LogP contribution in [0.2, 0.25) is 5.02 Å². The first kappa shape index (κ1) is 27.7. The number of ether oxygens (including phenoxy) is 3. The van der Waals surface area contributed by atoms with E-state index in [2.05, 4.69) is 9.97 Å². The van der Waals surface area contributed by atoms with Gasteiger partial charge in [-0.2, -0.15) is 0 Å². The number of halogens is 1. The van der Waals surface area contributed by atoms with Crippen molar-refractivity contribution in [2.45, 2.75) is 51.4 Å². The van der Waals surface area contributed by atoms with Crippen molar-refractivity contribution in [1.82, 2.24) is 9.97 Å². The van der Waals surface area contributed by atoms with Gasteiger partial charge in [-0.15, -0.1) is 0 Å². The van der Waals surface area contributed by atoms with Crippen molar-refractivity contribution in [3.05, 3.63) is 45.4 Å². The number of nitrogens with zero attached hydrogens (tertiary/aromatic N) is 1. The first-order valence-corrected chi connectivity index (χ1v) is 13.1. The number of thioether (sulfide) groups is 1. The van der Waals surface area contributed by atoms with Gasteiger partial charge >= 0.3 is 5.97 Å². The Labute approximate surface area is 220 Å². The van der Waals surface area contributed by atoms with Crippen LogP contribution in [0.1, 0.15) is 56.2 Å². The summed E-state index contributed by atoms with van der Waals surface area (Å²) in [6.45, 7) is 0.313. The molecule has 1 aromatic carbocycles. The molecule has 3 rings (SSSR count). The lowest BCUT2D eigenvalue weighted by atomic mass is 10.0. The highest BCUT2D eigenvalue weighted by Gasteiger charge is 2.24. The fraction of sp³-hybridized carbons (Fsp3) is 0.480. The molecular weight excluding hydrogens is 504 g/mol. The van der Waals surface area contributed by atoms with E-state index in [0.29, 0.717) is 48.3 Å². The number of carbonyl (C=O) groups excluding carboxylic acids is 1. The van der Waals surface area contributed by atoms with Gasteiger partial charge in [0.2, 0.25) is 0 Å². The number of rotatable bonds is 12. The maximum Gasteiger partial charge on any atom is 0.348 e. The normalized spacial score (nSPS) is 14.4. The number of benzene rings is 1. The zero-order chi connectivity index (χ0) is 26.1. The SMILES string of the molecule is COc1cc(OC)c(CCCC/C(O)=C(/SC(=N)c2[nH]cnc2N)C(=O)OCC2CCCC2)cc1Cl. The zero-order valence-electron chi connectivity index (χ0n) is 20.6. The van der Waals surface area contributed by atoms with Crippen LogP contribution in [0, 0.1) is 11.3 Å². The summed E-state index contributed by atoms with van der Waals surface area (Å²) in [5.74, 6) is 0.966. The molecule has 11 heteroatoms. The highest BCUT2D eigenvalue weighted by Crippen LogP contribution is 2.34. The van der Waals surface area contributed by atoms with E-state index in [1.807, 2.05) is 6.07 Å². The number of aromatic amines is 1. The lowest BCUT2D eigenvalue weighted by Crippen LogP contribution is -2.15. The van der Waals surface area contributed by atoms with Gasteiger partial charge in [-0.05, 0) is 49.7 Å². The Morgan fingerprint density at radius 1 is 1.25 bits per heavy atom. The van der Waals surface area contributed by atoms with Crippen molar-refractivity contribution in [3.63, 3.8) is 0 Å². The number of unbranched alkanes of at least 4 members (excludes halogenated alkanes) is 1. The van der Waals surface area contributed by atoms with Crippen LogP contribution in [0.3, 0.4) is 0 Å². The maximum atomic E-state index is 12.9. The van der Waals surface area contributed by atoms with E-state index in [-0.39, 0.29) is 33.6 Å². The molecular formula is C25H33ClN4O5S. The molecule has 5 N–H and O–H groups in total. The Hall–Kier alpha value is -2.85. The summed E-state index contributed by atoms with van der Waals surface area (Å²) in [6.07, 6.45) is 7.93. The number of allylic oxidation sites excluding steroid dienone is 1. The molecule has 196 valence electrons. The summed E-state index contributed by atoms with van der Waals surface area (Å²) in [5, 5.41) is 19.7. The number of aromatic nitrogens is 2. The molecule has 0 saturated heterocycles. The highest BCUT2D eigenvalue weighted by atomic mass is 35.5. The van der Waals surface area contributed by atoms with Crippen molar-refractivity contribution in [2.24, 2.45) is 5.92 Å². The van der Waals surface area contributed by atoms with Crippen LogP contribution in [0.5, 0.6) is 11.5 Å². The second-order valence-electron chi connectivity index (χ2n) is 8.62. The average molecular weight is 537 g/mol. The molecule has 36 heavy (non-hydrogen) atoms. The third-order valence-corrected chi connectivity index (χ3v) is 7.45. The minimum Gasteiger partial charge on any atom is -0.511 e. The number of hydrogen-bond donors (Lipinski definition) is 4. The summed E-state index contributed by atoms with van der Waals surface area (Å²) in [7, 11) is 3.13. The Morgan fingerprint density at radius 2 is 1.97 bits per heavy atom. The molecule has 0 aliphatic heterocycles. The molecule has 2 aromatic rings. The third kappa shape index (κ3) is 7.33. The fourth-order valence-electron chi connectivity index (χ4n) is 4.13. The largest absolute Gasteiger partial charge is 0.511 e. The van der Waals surface area contributed by atoms with Gasteiger partial charge in [0, 0.05) is 12.5 Å². The second-order valence-corrected chi connectivity index (χ2v) is 10.1. The van der Waals surface area contributed by atoms with Gasteiger partial charge in [0.1, 0.15) is 32.9 Å². The number of aliphatic hydroxyl groups is 1. The van der Waals surface area contributed by atoms with Crippen LogP contribution in [0.4, 0.5) is 5.82 Å². The molecule has 1 heterocycles. The van der Waals surface area contributed by atoms with Crippen molar-refractivity contribution in [2.75, 3.05) is 26.6 Å². The van der Waals surface area contributed by atoms with Crippen LogP contribution >= 0.6 is 23.4 Å². The molecule has 1 aliphatic rings. The Balaban J connectivity index is 1.66. The predicted molar refractivity (Wildman–Crippen MR) is 142 cm³/mol. The van der Waals surface area contributed by atoms with Crippen LogP contribution in [0.15, 0.2) is 29.1 Å². The number of esters is 1. The molecule has 0 bridgehead atoms. The second kappa shape index (κ2) is 13.5. The van der Waals surface area contributed by atoms with Gasteiger partial charge in [-0.3, -0.25) is 5.41 Å². The Bertz CT molecular complexity index is 1100. The summed E-state index contributed by atoms with van der Waals surface area (Å²) in [6, 6.07) is 3.56. The number of nitrogens with two attached hydrogens (primary N) is 1. The number of carbonyl (C=O) groups is 1. The summed E-state index contributed by atoms with van der Waals surface area (Å²) >= 11 is 7.08.